The normalized spacial score (nSPS) is 27.6. The van der Waals surface area contributed by atoms with Crippen molar-refractivity contribution in [1.82, 2.24) is 0 Å². The van der Waals surface area contributed by atoms with Gasteiger partial charge in [0.15, 0.2) is 5.78 Å². The molecule has 1 atom stereocenters. The summed E-state index contributed by atoms with van der Waals surface area (Å²) in [6, 6.07) is 0. The van der Waals surface area contributed by atoms with E-state index in [0.717, 1.165) is 19.3 Å². The van der Waals surface area contributed by atoms with Gasteiger partial charge in [-0.3, -0.25) is 4.79 Å². The van der Waals surface area contributed by atoms with Crippen LogP contribution >= 0.6 is 0 Å². The van der Waals surface area contributed by atoms with Crippen LogP contribution < -0.4 is 0 Å². The van der Waals surface area contributed by atoms with Gasteiger partial charge >= 0.3 is 0 Å². The van der Waals surface area contributed by atoms with Crippen molar-refractivity contribution in [3.05, 3.63) is 23.8 Å². The Balaban J connectivity index is 1.93. The molecule has 1 unspecified atom stereocenters. The fourth-order valence-corrected chi connectivity index (χ4v) is 2.38. The van der Waals surface area contributed by atoms with Gasteiger partial charge in [-0.05, 0) is 51.0 Å². The number of ketones is 1. The minimum Gasteiger partial charge on any atom is -0.295 e. The summed E-state index contributed by atoms with van der Waals surface area (Å²) in [4.78, 5) is 11.6. The molecule has 0 radical (unpaired) electrons. The average Bonchev–Trinajstić information content (AvgIpc) is 2.23. The summed E-state index contributed by atoms with van der Waals surface area (Å²) in [5.41, 5.74) is 1.53. The lowest BCUT2D eigenvalue weighted by Crippen LogP contribution is -2.16. The second kappa shape index (κ2) is 4.59. The lowest BCUT2D eigenvalue weighted by atomic mass is 9.84. The highest BCUT2D eigenvalue weighted by molar-refractivity contribution is 5.92. The van der Waals surface area contributed by atoms with Gasteiger partial charge in [-0.1, -0.05) is 17.7 Å². The molecular formula is C13H18O. The zero-order chi connectivity index (χ0) is 9.80. The van der Waals surface area contributed by atoms with E-state index < -0.39 is 0 Å². The molecule has 14 heavy (non-hydrogen) atoms. The molecule has 1 nitrogen and oxygen atoms in total. The summed E-state index contributed by atoms with van der Waals surface area (Å²) >= 11 is 0. The molecule has 1 heteroatoms. The molecule has 2 aliphatic rings. The number of allylic oxidation sites excluding steroid dienone is 4. The number of rotatable bonds is 2. The van der Waals surface area contributed by atoms with E-state index in [1.165, 1.54) is 31.3 Å². The van der Waals surface area contributed by atoms with Crippen LogP contribution in [0, 0.1) is 5.92 Å². The first-order valence-electron chi connectivity index (χ1n) is 5.74. The molecule has 0 bridgehead atoms. The van der Waals surface area contributed by atoms with E-state index >= 15 is 0 Å². The number of hydrogen-bond acceptors (Lipinski definition) is 1. The zero-order valence-electron chi connectivity index (χ0n) is 8.67. The fraction of sp³-hybridized carbons (Fsp3) is 0.615. The van der Waals surface area contributed by atoms with E-state index in [2.05, 4.69) is 6.08 Å². The number of carbonyl (C=O) groups excluding carboxylic acids is 1. The van der Waals surface area contributed by atoms with Crippen LogP contribution in [0.4, 0.5) is 0 Å². The predicted molar refractivity (Wildman–Crippen MR) is 58.0 cm³/mol. The zero-order valence-corrected chi connectivity index (χ0v) is 8.67. The average molecular weight is 190 g/mol. The molecule has 0 saturated heterocycles. The minimum atomic E-state index is 0.296. The molecule has 0 spiro atoms. The third-order valence-corrected chi connectivity index (χ3v) is 3.26. The van der Waals surface area contributed by atoms with E-state index in [0.29, 0.717) is 11.7 Å². The summed E-state index contributed by atoms with van der Waals surface area (Å²) in [7, 11) is 0. The van der Waals surface area contributed by atoms with E-state index in [1.807, 2.05) is 6.08 Å². The van der Waals surface area contributed by atoms with Gasteiger partial charge in [-0.2, -0.15) is 0 Å². The Labute approximate surface area is 85.9 Å². The Morgan fingerprint density at radius 2 is 2.21 bits per heavy atom. The Hall–Kier alpha value is -0.850. The summed E-state index contributed by atoms with van der Waals surface area (Å²) in [6.07, 6.45) is 14.4. The monoisotopic (exact) mass is 190 g/mol. The first kappa shape index (κ1) is 9.70. The van der Waals surface area contributed by atoms with Crippen LogP contribution in [-0.4, -0.2) is 5.78 Å². The van der Waals surface area contributed by atoms with Crippen molar-refractivity contribution in [3.63, 3.8) is 0 Å². The fourth-order valence-electron chi connectivity index (χ4n) is 2.38. The van der Waals surface area contributed by atoms with Gasteiger partial charge in [0.05, 0.1) is 0 Å². The Bertz CT molecular complexity index is 273. The third-order valence-electron chi connectivity index (χ3n) is 3.26. The molecule has 0 aromatic carbocycles. The lowest BCUT2D eigenvalue weighted by Gasteiger charge is -2.20. The van der Waals surface area contributed by atoms with Crippen molar-refractivity contribution in [2.45, 2.75) is 44.9 Å². The van der Waals surface area contributed by atoms with Gasteiger partial charge in [0.1, 0.15) is 0 Å². The van der Waals surface area contributed by atoms with Crippen LogP contribution in [0.5, 0.6) is 0 Å². The number of hydrogen-bond donors (Lipinski definition) is 0. The first-order chi connectivity index (χ1) is 6.86. The highest BCUT2D eigenvalue weighted by Crippen LogP contribution is 2.28. The topological polar surface area (TPSA) is 17.1 Å². The Kier molecular flexibility index (Phi) is 3.18. The van der Waals surface area contributed by atoms with Gasteiger partial charge in [-0.15, -0.1) is 0 Å². The molecular weight excluding hydrogens is 172 g/mol. The quantitative estimate of drug-likeness (QED) is 0.610. The van der Waals surface area contributed by atoms with Crippen LogP contribution in [0.25, 0.3) is 0 Å². The van der Waals surface area contributed by atoms with Crippen molar-refractivity contribution in [2.75, 3.05) is 0 Å². The second-order valence-electron chi connectivity index (χ2n) is 4.39. The van der Waals surface area contributed by atoms with Crippen molar-refractivity contribution in [3.8, 4) is 0 Å². The van der Waals surface area contributed by atoms with Gasteiger partial charge in [0.25, 0.3) is 0 Å². The summed E-state index contributed by atoms with van der Waals surface area (Å²) in [6.45, 7) is 0. The van der Waals surface area contributed by atoms with Gasteiger partial charge in [-0.25, -0.2) is 0 Å². The van der Waals surface area contributed by atoms with E-state index in [4.69, 9.17) is 0 Å². The Morgan fingerprint density at radius 1 is 1.29 bits per heavy atom. The van der Waals surface area contributed by atoms with Crippen LogP contribution in [0.15, 0.2) is 23.8 Å². The van der Waals surface area contributed by atoms with E-state index in [1.54, 1.807) is 6.08 Å². The summed E-state index contributed by atoms with van der Waals surface area (Å²) in [5.74, 6) is 0.645. The molecule has 0 N–H and O–H groups in total. The van der Waals surface area contributed by atoms with Crippen LogP contribution in [0.3, 0.4) is 0 Å². The van der Waals surface area contributed by atoms with Crippen molar-refractivity contribution in [1.29, 1.82) is 0 Å². The summed E-state index contributed by atoms with van der Waals surface area (Å²) in [5, 5.41) is 0. The SMILES string of the molecule is O=C1C=CCCC1CC1=CCCCC1. The molecule has 0 amide bonds. The first-order valence-corrected chi connectivity index (χ1v) is 5.74. The van der Waals surface area contributed by atoms with Crippen molar-refractivity contribution in [2.24, 2.45) is 5.92 Å². The lowest BCUT2D eigenvalue weighted by molar-refractivity contribution is -0.118. The van der Waals surface area contributed by atoms with Gasteiger partial charge in [0, 0.05) is 5.92 Å². The van der Waals surface area contributed by atoms with Gasteiger partial charge in [0.2, 0.25) is 0 Å². The third kappa shape index (κ3) is 2.34. The Morgan fingerprint density at radius 3 is 2.93 bits per heavy atom. The molecule has 0 saturated carbocycles. The molecule has 0 aromatic rings. The molecule has 2 rings (SSSR count). The molecule has 0 aliphatic heterocycles. The van der Waals surface area contributed by atoms with Crippen LogP contribution in [0.1, 0.15) is 44.9 Å². The number of carbonyl (C=O) groups is 1. The van der Waals surface area contributed by atoms with Crippen LogP contribution in [-0.2, 0) is 4.79 Å². The second-order valence-corrected chi connectivity index (χ2v) is 4.39. The standard InChI is InChI=1S/C13H18O/c14-13-9-5-4-8-12(13)10-11-6-2-1-3-7-11/h5-6,9,12H,1-4,7-8,10H2. The molecule has 76 valence electrons. The van der Waals surface area contributed by atoms with Crippen LogP contribution in [0.2, 0.25) is 0 Å². The van der Waals surface area contributed by atoms with Crippen molar-refractivity contribution < 1.29 is 4.79 Å². The van der Waals surface area contributed by atoms with E-state index in [-0.39, 0.29) is 0 Å². The highest BCUT2D eigenvalue weighted by atomic mass is 16.1. The summed E-state index contributed by atoms with van der Waals surface area (Å²) < 4.78 is 0. The minimum absolute atomic E-state index is 0.296. The molecule has 0 fully saturated rings. The van der Waals surface area contributed by atoms with E-state index in [9.17, 15) is 4.79 Å². The predicted octanol–water partition coefficient (Wildman–Crippen LogP) is 3.41. The highest BCUT2D eigenvalue weighted by Gasteiger charge is 2.20. The maximum Gasteiger partial charge on any atom is 0.158 e. The molecule has 0 aromatic heterocycles. The molecule has 0 heterocycles. The van der Waals surface area contributed by atoms with Gasteiger partial charge < -0.3 is 0 Å². The van der Waals surface area contributed by atoms with Crippen molar-refractivity contribution >= 4 is 5.78 Å². The largest absolute Gasteiger partial charge is 0.295 e. The maximum atomic E-state index is 11.6. The molecule has 2 aliphatic carbocycles. The maximum absolute atomic E-state index is 11.6. The smallest absolute Gasteiger partial charge is 0.158 e.